The zero-order valence-electron chi connectivity index (χ0n) is 15.6. The Kier molecular flexibility index (Phi) is 6.04. The predicted molar refractivity (Wildman–Crippen MR) is 119 cm³/mol. The minimum absolute atomic E-state index is 0.0735. The summed E-state index contributed by atoms with van der Waals surface area (Å²) in [7, 11) is 0. The lowest BCUT2D eigenvalue weighted by atomic mass is 10.2. The lowest BCUT2D eigenvalue weighted by Gasteiger charge is -2.20. The van der Waals surface area contributed by atoms with Crippen molar-refractivity contribution in [2.45, 2.75) is 25.7 Å². The zero-order valence-corrected chi connectivity index (χ0v) is 18.8. The topological polar surface area (TPSA) is 110 Å². The molecule has 154 valence electrons. The van der Waals surface area contributed by atoms with E-state index in [1.165, 1.54) is 6.21 Å². The number of anilines is 3. The molecule has 3 N–H and O–H groups in total. The van der Waals surface area contributed by atoms with Crippen LogP contribution in [0.1, 0.15) is 31.2 Å². The van der Waals surface area contributed by atoms with Crippen molar-refractivity contribution in [3.05, 3.63) is 20.6 Å². The largest absolute Gasteiger partial charge is 0.506 e. The molecule has 29 heavy (non-hydrogen) atoms. The Hall–Kier alpha value is -2.14. The van der Waals surface area contributed by atoms with Crippen LogP contribution in [0.4, 0.5) is 17.8 Å². The first-order valence-electron chi connectivity index (χ1n) is 9.48. The van der Waals surface area contributed by atoms with E-state index in [0.29, 0.717) is 27.9 Å². The molecule has 0 bridgehead atoms. The van der Waals surface area contributed by atoms with E-state index in [0.717, 1.165) is 51.9 Å². The van der Waals surface area contributed by atoms with Gasteiger partial charge in [0, 0.05) is 31.7 Å². The number of phenols is 2. The Bertz CT molecular complexity index is 895. The summed E-state index contributed by atoms with van der Waals surface area (Å²) in [4.78, 5) is 18.0. The van der Waals surface area contributed by atoms with E-state index in [2.05, 4.69) is 67.1 Å². The van der Waals surface area contributed by atoms with Crippen molar-refractivity contribution in [1.82, 2.24) is 15.0 Å². The highest BCUT2D eigenvalue weighted by Gasteiger charge is 2.21. The predicted octanol–water partition coefficient (Wildman–Crippen LogP) is 3.45. The molecule has 0 radical (unpaired) electrons. The minimum atomic E-state index is -0.109. The number of halogens is 2. The molecule has 0 aliphatic carbocycles. The summed E-state index contributed by atoms with van der Waals surface area (Å²) in [5.74, 6) is 1.50. The first-order chi connectivity index (χ1) is 14.0. The minimum Gasteiger partial charge on any atom is -0.506 e. The van der Waals surface area contributed by atoms with Gasteiger partial charge in [0.05, 0.1) is 10.7 Å². The number of nitrogens with zero attached hydrogens (tertiary/aromatic N) is 6. The SMILES string of the molecule is Oc1c(Br)cc(C=NNc2nc(N3CCCC3)nc(N3CCCC3)n2)c(O)c1Br. The number of nitrogens with one attached hydrogen (secondary N) is 1. The summed E-state index contributed by atoms with van der Waals surface area (Å²) in [6, 6.07) is 1.57. The van der Waals surface area contributed by atoms with Crippen LogP contribution in [0.25, 0.3) is 0 Å². The van der Waals surface area contributed by atoms with Crippen LogP contribution in [-0.2, 0) is 0 Å². The zero-order chi connectivity index (χ0) is 20.4. The molecule has 3 heterocycles. The number of aromatic hydroxyl groups is 2. The Balaban J connectivity index is 1.58. The molecule has 0 spiro atoms. The van der Waals surface area contributed by atoms with E-state index in [1.54, 1.807) is 6.07 Å². The van der Waals surface area contributed by atoms with Gasteiger partial charge in [-0.25, -0.2) is 5.43 Å². The van der Waals surface area contributed by atoms with Crippen LogP contribution in [0.2, 0.25) is 0 Å². The third-order valence-corrected chi connectivity index (χ3v) is 6.31. The summed E-state index contributed by atoms with van der Waals surface area (Å²) >= 11 is 6.40. The average Bonchev–Trinajstić information content (AvgIpc) is 3.44. The maximum Gasteiger partial charge on any atom is 0.250 e. The van der Waals surface area contributed by atoms with Crippen molar-refractivity contribution in [1.29, 1.82) is 0 Å². The van der Waals surface area contributed by atoms with Crippen molar-refractivity contribution in [2.75, 3.05) is 41.4 Å². The molecule has 0 amide bonds. The molecule has 4 rings (SSSR count). The summed E-state index contributed by atoms with van der Waals surface area (Å²) in [5, 5.41) is 24.2. The Morgan fingerprint density at radius 1 is 0.897 bits per heavy atom. The van der Waals surface area contributed by atoms with Gasteiger partial charge < -0.3 is 20.0 Å². The third-order valence-electron chi connectivity index (χ3n) is 4.96. The van der Waals surface area contributed by atoms with E-state index in [-0.39, 0.29) is 16.0 Å². The number of hydrogen-bond acceptors (Lipinski definition) is 9. The Morgan fingerprint density at radius 3 is 2.00 bits per heavy atom. The van der Waals surface area contributed by atoms with Gasteiger partial charge in [-0.15, -0.1) is 0 Å². The van der Waals surface area contributed by atoms with Crippen LogP contribution < -0.4 is 15.2 Å². The molecule has 9 nitrogen and oxygen atoms in total. The molecular formula is C18H21Br2N7O2. The number of phenolic OH excluding ortho intramolecular Hbond substituents is 2. The van der Waals surface area contributed by atoms with Crippen LogP contribution in [0.5, 0.6) is 11.5 Å². The highest BCUT2D eigenvalue weighted by atomic mass is 79.9. The summed E-state index contributed by atoms with van der Waals surface area (Å²) in [5.41, 5.74) is 3.27. The molecule has 1 aromatic carbocycles. The van der Waals surface area contributed by atoms with Gasteiger partial charge in [-0.2, -0.15) is 20.1 Å². The molecule has 11 heteroatoms. The maximum absolute atomic E-state index is 10.2. The highest BCUT2D eigenvalue weighted by molar-refractivity contribution is 9.11. The van der Waals surface area contributed by atoms with Crippen molar-refractivity contribution < 1.29 is 10.2 Å². The Morgan fingerprint density at radius 2 is 1.45 bits per heavy atom. The van der Waals surface area contributed by atoms with Gasteiger partial charge >= 0.3 is 0 Å². The normalized spacial score (nSPS) is 16.9. The van der Waals surface area contributed by atoms with Gasteiger partial charge in [0.1, 0.15) is 16.0 Å². The van der Waals surface area contributed by atoms with E-state index >= 15 is 0 Å². The lowest BCUT2D eigenvalue weighted by Crippen LogP contribution is -2.25. The molecule has 0 unspecified atom stereocenters. The molecule has 1 aromatic heterocycles. The van der Waals surface area contributed by atoms with Gasteiger partial charge in [0.15, 0.2) is 0 Å². The fraction of sp³-hybridized carbons (Fsp3) is 0.444. The number of aromatic nitrogens is 3. The fourth-order valence-corrected chi connectivity index (χ4v) is 4.55. The van der Waals surface area contributed by atoms with Crippen LogP contribution in [0.15, 0.2) is 20.1 Å². The van der Waals surface area contributed by atoms with Crippen LogP contribution in [0.3, 0.4) is 0 Å². The van der Waals surface area contributed by atoms with E-state index in [9.17, 15) is 10.2 Å². The van der Waals surface area contributed by atoms with Crippen LogP contribution in [-0.4, -0.2) is 57.6 Å². The molecule has 0 saturated carbocycles. The average molecular weight is 527 g/mol. The lowest BCUT2D eigenvalue weighted by molar-refractivity contribution is 0.442. The second-order valence-electron chi connectivity index (χ2n) is 6.98. The van der Waals surface area contributed by atoms with Crippen LogP contribution >= 0.6 is 31.9 Å². The highest BCUT2D eigenvalue weighted by Crippen LogP contribution is 2.40. The van der Waals surface area contributed by atoms with Crippen molar-refractivity contribution >= 4 is 55.9 Å². The molecule has 2 aromatic rings. The molecular weight excluding hydrogens is 506 g/mol. The second kappa shape index (κ2) is 8.70. The molecule has 2 fully saturated rings. The van der Waals surface area contributed by atoms with Crippen LogP contribution in [0, 0.1) is 0 Å². The molecule has 2 aliphatic heterocycles. The van der Waals surface area contributed by atoms with Crippen molar-refractivity contribution in [3.8, 4) is 11.5 Å². The first-order valence-corrected chi connectivity index (χ1v) is 11.1. The van der Waals surface area contributed by atoms with E-state index in [1.807, 2.05) is 0 Å². The maximum atomic E-state index is 10.2. The van der Waals surface area contributed by atoms with E-state index in [4.69, 9.17) is 0 Å². The number of hydrogen-bond donors (Lipinski definition) is 3. The second-order valence-corrected chi connectivity index (χ2v) is 8.62. The van der Waals surface area contributed by atoms with Gasteiger partial charge in [0.25, 0.3) is 0 Å². The Labute approximate surface area is 185 Å². The fourth-order valence-electron chi connectivity index (χ4n) is 3.40. The molecule has 2 saturated heterocycles. The summed E-state index contributed by atoms with van der Waals surface area (Å²) < 4.78 is 0.637. The van der Waals surface area contributed by atoms with Gasteiger partial charge in [-0.05, 0) is 63.6 Å². The quantitative estimate of drug-likeness (QED) is 0.401. The van der Waals surface area contributed by atoms with Crippen molar-refractivity contribution in [3.63, 3.8) is 0 Å². The summed E-state index contributed by atoms with van der Waals surface area (Å²) in [6.45, 7) is 3.76. The van der Waals surface area contributed by atoms with E-state index < -0.39 is 0 Å². The number of rotatable bonds is 5. The monoisotopic (exact) mass is 525 g/mol. The van der Waals surface area contributed by atoms with Crippen molar-refractivity contribution in [2.24, 2.45) is 5.10 Å². The molecule has 2 aliphatic rings. The standard InChI is InChI=1S/C18H21Br2N7O2/c19-12-9-11(14(28)13(20)15(12)29)10-21-25-16-22-17(26-5-1-2-6-26)24-18(23-16)27-7-3-4-8-27/h9-10,28-29H,1-8H2,(H,22,23,24,25). The van der Waals surface area contributed by atoms with Gasteiger partial charge in [-0.3, -0.25) is 0 Å². The van der Waals surface area contributed by atoms with Gasteiger partial charge in [0.2, 0.25) is 17.8 Å². The first kappa shape index (κ1) is 20.1. The smallest absolute Gasteiger partial charge is 0.250 e. The van der Waals surface area contributed by atoms with Gasteiger partial charge in [-0.1, -0.05) is 0 Å². The molecule has 0 atom stereocenters. The summed E-state index contributed by atoms with van der Waals surface area (Å²) in [6.07, 6.45) is 5.98. The number of benzene rings is 1. The number of hydrazone groups is 1. The third kappa shape index (κ3) is 4.40.